The van der Waals surface area contributed by atoms with Crippen molar-refractivity contribution in [1.29, 1.82) is 0 Å². The number of benzene rings is 2. The van der Waals surface area contributed by atoms with Gasteiger partial charge in [-0.3, -0.25) is 4.79 Å². The average molecular weight is 286 g/mol. The van der Waals surface area contributed by atoms with Crippen molar-refractivity contribution in [2.24, 2.45) is 0 Å². The molecule has 2 aromatic rings. The number of hydrogen-bond donors (Lipinski definition) is 3. The molecule has 5 nitrogen and oxygen atoms in total. The monoisotopic (exact) mass is 286 g/mol. The number of phenolic OH excluding ortho intramolecular Hbond substituents is 1. The van der Waals surface area contributed by atoms with Crippen LogP contribution in [0.2, 0.25) is 0 Å². The molecule has 0 radical (unpaired) electrons. The number of nitrogens with two attached hydrogens (primary N) is 1. The van der Waals surface area contributed by atoms with E-state index in [1.807, 2.05) is 12.1 Å². The number of carbonyl (C=O) groups is 1. The van der Waals surface area contributed by atoms with E-state index < -0.39 is 0 Å². The van der Waals surface area contributed by atoms with Gasteiger partial charge < -0.3 is 20.9 Å². The molecule has 0 spiro atoms. The number of ether oxygens (including phenoxy) is 1. The van der Waals surface area contributed by atoms with Gasteiger partial charge in [-0.1, -0.05) is 18.2 Å². The molecule has 0 unspecified atom stereocenters. The summed E-state index contributed by atoms with van der Waals surface area (Å²) in [7, 11) is 0. The van der Waals surface area contributed by atoms with E-state index in [0.717, 1.165) is 0 Å². The Morgan fingerprint density at radius 2 is 2.00 bits per heavy atom. The van der Waals surface area contributed by atoms with Gasteiger partial charge in [-0.25, -0.2) is 0 Å². The molecule has 0 bridgehead atoms. The van der Waals surface area contributed by atoms with Gasteiger partial charge in [0.2, 0.25) is 5.91 Å². The van der Waals surface area contributed by atoms with E-state index in [-0.39, 0.29) is 11.7 Å². The molecule has 2 aromatic carbocycles. The number of nitrogens with one attached hydrogen (secondary N) is 1. The number of rotatable bonds is 6. The second-order valence-electron chi connectivity index (χ2n) is 4.59. The molecule has 110 valence electrons. The number of hydrogen-bond acceptors (Lipinski definition) is 4. The number of amides is 1. The molecular weight excluding hydrogens is 268 g/mol. The largest absolute Gasteiger partial charge is 0.508 e. The highest BCUT2D eigenvalue weighted by atomic mass is 16.5. The van der Waals surface area contributed by atoms with Crippen molar-refractivity contribution in [3.63, 3.8) is 0 Å². The Labute approximate surface area is 123 Å². The summed E-state index contributed by atoms with van der Waals surface area (Å²) in [6.45, 7) is 0.418. The molecule has 0 aromatic heterocycles. The van der Waals surface area contributed by atoms with Crippen LogP contribution in [0.15, 0.2) is 48.5 Å². The Balaban J connectivity index is 1.71. The first-order valence-electron chi connectivity index (χ1n) is 6.71. The molecule has 0 aliphatic rings. The fourth-order valence-electron chi connectivity index (χ4n) is 1.83. The predicted octanol–water partition coefficient (Wildman–Crippen LogP) is 2.77. The van der Waals surface area contributed by atoms with Crippen molar-refractivity contribution in [3.05, 3.63) is 48.5 Å². The lowest BCUT2D eigenvalue weighted by molar-refractivity contribution is -0.116. The van der Waals surface area contributed by atoms with Crippen LogP contribution in [0, 0.1) is 0 Å². The van der Waals surface area contributed by atoms with Crippen LogP contribution in [-0.4, -0.2) is 17.6 Å². The highest BCUT2D eigenvalue weighted by Crippen LogP contribution is 2.20. The minimum Gasteiger partial charge on any atom is -0.508 e. The SMILES string of the molecule is Nc1ccccc1OCCCC(=O)Nc1cccc(O)c1. The van der Waals surface area contributed by atoms with Crippen LogP contribution >= 0.6 is 0 Å². The molecule has 5 heteroatoms. The quantitative estimate of drug-likeness (QED) is 0.563. The molecule has 0 heterocycles. The first kappa shape index (κ1) is 14.7. The van der Waals surface area contributed by atoms with E-state index in [9.17, 15) is 9.90 Å². The summed E-state index contributed by atoms with van der Waals surface area (Å²) in [5.41, 5.74) is 6.91. The van der Waals surface area contributed by atoms with Crippen LogP contribution in [0.3, 0.4) is 0 Å². The van der Waals surface area contributed by atoms with Crippen LogP contribution < -0.4 is 15.8 Å². The minimum atomic E-state index is -0.120. The normalized spacial score (nSPS) is 10.1. The van der Waals surface area contributed by atoms with Crippen molar-refractivity contribution in [3.8, 4) is 11.5 Å². The molecule has 2 rings (SSSR count). The first-order valence-corrected chi connectivity index (χ1v) is 6.71. The number of aromatic hydroxyl groups is 1. The Morgan fingerprint density at radius 3 is 2.76 bits per heavy atom. The molecule has 0 aliphatic carbocycles. The second-order valence-corrected chi connectivity index (χ2v) is 4.59. The number of nitrogen functional groups attached to an aromatic ring is 1. The van der Waals surface area contributed by atoms with E-state index in [0.29, 0.717) is 36.6 Å². The number of phenols is 1. The van der Waals surface area contributed by atoms with Gasteiger partial charge in [0.1, 0.15) is 11.5 Å². The zero-order chi connectivity index (χ0) is 15.1. The van der Waals surface area contributed by atoms with Crippen LogP contribution in [-0.2, 0) is 4.79 Å². The summed E-state index contributed by atoms with van der Waals surface area (Å²) in [6, 6.07) is 13.7. The van der Waals surface area contributed by atoms with Crippen molar-refractivity contribution >= 4 is 17.3 Å². The van der Waals surface area contributed by atoms with Crippen LogP contribution in [0.25, 0.3) is 0 Å². The summed E-state index contributed by atoms with van der Waals surface area (Å²) in [5.74, 6) is 0.631. The van der Waals surface area contributed by atoms with Crippen molar-refractivity contribution < 1.29 is 14.6 Å². The van der Waals surface area contributed by atoms with Gasteiger partial charge in [-0.2, -0.15) is 0 Å². The lowest BCUT2D eigenvalue weighted by Gasteiger charge is -2.09. The van der Waals surface area contributed by atoms with E-state index in [1.54, 1.807) is 30.3 Å². The lowest BCUT2D eigenvalue weighted by Crippen LogP contribution is -2.12. The molecule has 0 fully saturated rings. The summed E-state index contributed by atoms with van der Waals surface area (Å²) >= 11 is 0. The standard InChI is InChI=1S/C16H18N2O3/c17-14-7-1-2-8-15(14)21-10-4-9-16(20)18-12-5-3-6-13(19)11-12/h1-3,5-8,11,19H,4,9-10,17H2,(H,18,20). The maximum Gasteiger partial charge on any atom is 0.224 e. The van der Waals surface area contributed by atoms with Gasteiger partial charge in [-0.05, 0) is 30.7 Å². The number of carbonyl (C=O) groups excluding carboxylic acids is 1. The Kier molecular flexibility index (Phi) is 5.04. The van der Waals surface area contributed by atoms with Crippen molar-refractivity contribution in [1.82, 2.24) is 0 Å². The molecule has 4 N–H and O–H groups in total. The Morgan fingerprint density at radius 1 is 1.19 bits per heavy atom. The van der Waals surface area contributed by atoms with E-state index >= 15 is 0 Å². The van der Waals surface area contributed by atoms with E-state index in [1.165, 1.54) is 6.07 Å². The van der Waals surface area contributed by atoms with Crippen LogP contribution in [0.4, 0.5) is 11.4 Å². The van der Waals surface area contributed by atoms with E-state index in [2.05, 4.69) is 5.32 Å². The maximum atomic E-state index is 11.7. The minimum absolute atomic E-state index is 0.120. The second kappa shape index (κ2) is 7.19. The molecule has 1 amide bonds. The Hall–Kier alpha value is -2.69. The average Bonchev–Trinajstić information content (AvgIpc) is 2.45. The van der Waals surface area contributed by atoms with Gasteiger partial charge in [0.25, 0.3) is 0 Å². The van der Waals surface area contributed by atoms with Gasteiger partial charge in [0.05, 0.1) is 12.3 Å². The zero-order valence-corrected chi connectivity index (χ0v) is 11.6. The highest BCUT2D eigenvalue weighted by Gasteiger charge is 2.04. The zero-order valence-electron chi connectivity index (χ0n) is 11.6. The van der Waals surface area contributed by atoms with Crippen LogP contribution in [0.1, 0.15) is 12.8 Å². The highest BCUT2D eigenvalue weighted by molar-refractivity contribution is 5.90. The lowest BCUT2D eigenvalue weighted by atomic mass is 10.2. The third-order valence-corrected chi connectivity index (χ3v) is 2.85. The van der Waals surface area contributed by atoms with Gasteiger partial charge in [0, 0.05) is 18.2 Å². The summed E-state index contributed by atoms with van der Waals surface area (Å²) in [5, 5.41) is 12.0. The first-order chi connectivity index (χ1) is 10.1. The van der Waals surface area contributed by atoms with Gasteiger partial charge >= 0.3 is 0 Å². The fraction of sp³-hybridized carbons (Fsp3) is 0.188. The summed E-state index contributed by atoms with van der Waals surface area (Å²) in [6.07, 6.45) is 0.918. The summed E-state index contributed by atoms with van der Waals surface area (Å²) < 4.78 is 5.51. The topological polar surface area (TPSA) is 84.6 Å². The Bertz CT molecular complexity index is 614. The molecule has 0 saturated carbocycles. The predicted molar refractivity (Wildman–Crippen MR) is 82.3 cm³/mol. The number of para-hydroxylation sites is 2. The number of anilines is 2. The van der Waals surface area contributed by atoms with Crippen molar-refractivity contribution in [2.75, 3.05) is 17.7 Å². The third kappa shape index (κ3) is 4.72. The fourth-order valence-corrected chi connectivity index (χ4v) is 1.83. The smallest absolute Gasteiger partial charge is 0.224 e. The van der Waals surface area contributed by atoms with Gasteiger partial charge in [0.15, 0.2) is 0 Å². The molecule has 0 aliphatic heterocycles. The van der Waals surface area contributed by atoms with Crippen molar-refractivity contribution in [2.45, 2.75) is 12.8 Å². The summed E-state index contributed by atoms with van der Waals surface area (Å²) in [4.78, 5) is 11.7. The molecule has 21 heavy (non-hydrogen) atoms. The molecule has 0 atom stereocenters. The molecular formula is C16H18N2O3. The van der Waals surface area contributed by atoms with Crippen LogP contribution in [0.5, 0.6) is 11.5 Å². The third-order valence-electron chi connectivity index (χ3n) is 2.85. The maximum absolute atomic E-state index is 11.7. The van der Waals surface area contributed by atoms with Gasteiger partial charge in [-0.15, -0.1) is 0 Å². The van der Waals surface area contributed by atoms with E-state index in [4.69, 9.17) is 10.5 Å². The molecule has 0 saturated heterocycles.